The van der Waals surface area contributed by atoms with Gasteiger partial charge in [0, 0.05) is 23.4 Å². The van der Waals surface area contributed by atoms with Crippen molar-refractivity contribution in [3.63, 3.8) is 0 Å². The molecule has 1 amide bonds. The highest BCUT2D eigenvalue weighted by Crippen LogP contribution is 2.18. The molecule has 2 aromatic heterocycles. The lowest BCUT2D eigenvalue weighted by atomic mass is 10.1. The monoisotopic (exact) mass is 361 g/mol. The number of carbonyl (C=O) groups is 1. The highest BCUT2D eigenvalue weighted by atomic mass is 32.1. The normalized spacial score (nSPS) is 20.2. The molecular weight excluding hydrogens is 338 g/mol. The van der Waals surface area contributed by atoms with Crippen molar-refractivity contribution in [3.8, 4) is 5.75 Å². The number of aromatic nitrogens is 2. The van der Waals surface area contributed by atoms with Gasteiger partial charge in [0.2, 0.25) is 5.91 Å². The molecule has 0 aromatic carbocycles. The molecular formula is C18H23N3O3S. The minimum Gasteiger partial charge on any atom is -0.486 e. The van der Waals surface area contributed by atoms with Crippen LogP contribution in [0, 0.1) is 13.8 Å². The molecule has 2 aromatic rings. The number of hydrogen-bond acceptors (Lipinski definition) is 6. The summed E-state index contributed by atoms with van der Waals surface area (Å²) in [5.41, 5.74) is 3.77. The van der Waals surface area contributed by atoms with Crippen LogP contribution in [0.4, 0.5) is 0 Å². The molecule has 0 bridgehead atoms. The van der Waals surface area contributed by atoms with E-state index in [4.69, 9.17) is 9.47 Å². The second-order valence-corrected chi connectivity index (χ2v) is 7.13. The fraction of sp³-hybridized carbons (Fsp3) is 0.500. The van der Waals surface area contributed by atoms with E-state index in [9.17, 15) is 4.79 Å². The van der Waals surface area contributed by atoms with Gasteiger partial charge in [-0.15, -0.1) is 11.3 Å². The summed E-state index contributed by atoms with van der Waals surface area (Å²) in [6, 6.07) is 3.67. The number of pyridine rings is 1. The van der Waals surface area contributed by atoms with Gasteiger partial charge in [0.25, 0.3) is 0 Å². The van der Waals surface area contributed by atoms with Gasteiger partial charge in [-0.25, -0.2) is 4.98 Å². The molecule has 0 spiro atoms. The van der Waals surface area contributed by atoms with E-state index < -0.39 is 0 Å². The molecule has 7 heteroatoms. The predicted octanol–water partition coefficient (Wildman–Crippen LogP) is 2.44. The Bertz CT molecular complexity index is 702. The first-order valence-electron chi connectivity index (χ1n) is 8.47. The van der Waals surface area contributed by atoms with E-state index in [1.165, 1.54) is 0 Å². The van der Waals surface area contributed by atoms with Crippen LogP contribution >= 0.6 is 11.3 Å². The second kappa shape index (κ2) is 8.40. The van der Waals surface area contributed by atoms with Gasteiger partial charge in [-0.05, 0) is 32.4 Å². The van der Waals surface area contributed by atoms with Gasteiger partial charge in [-0.3, -0.25) is 9.78 Å². The van der Waals surface area contributed by atoms with Crippen molar-refractivity contribution >= 4 is 17.2 Å². The largest absolute Gasteiger partial charge is 0.486 e. The van der Waals surface area contributed by atoms with Gasteiger partial charge >= 0.3 is 0 Å². The van der Waals surface area contributed by atoms with Crippen molar-refractivity contribution < 1.29 is 14.3 Å². The molecule has 0 saturated carbocycles. The van der Waals surface area contributed by atoms with Crippen LogP contribution in [0.15, 0.2) is 23.8 Å². The predicted molar refractivity (Wildman–Crippen MR) is 95.9 cm³/mol. The summed E-state index contributed by atoms with van der Waals surface area (Å²) in [6.07, 6.45) is 3.51. The summed E-state index contributed by atoms with van der Waals surface area (Å²) in [4.78, 5) is 21.9. The fourth-order valence-electron chi connectivity index (χ4n) is 2.76. The molecule has 0 radical (unpaired) electrons. The molecule has 1 aliphatic heterocycles. The van der Waals surface area contributed by atoms with Gasteiger partial charge < -0.3 is 14.8 Å². The number of nitrogens with one attached hydrogen (secondary N) is 1. The number of ether oxygens (including phenoxy) is 2. The quantitative estimate of drug-likeness (QED) is 0.855. The Morgan fingerprint density at radius 3 is 3.00 bits per heavy atom. The molecule has 25 heavy (non-hydrogen) atoms. The summed E-state index contributed by atoms with van der Waals surface area (Å²) < 4.78 is 11.5. The van der Waals surface area contributed by atoms with Crippen molar-refractivity contribution in [1.82, 2.24) is 15.3 Å². The van der Waals surface area contributed by atoms with Crippen LogP contribution in [0.2, 0.25) is 0 Å². The SMILES string of the molecule is Cc1ccc(O[C@@H]2CCOC[C@@H]2NC(=O)CCc2scnc2C)cn1. The van der Waals surface area contributed by atoms with Gasteiger partial charge in [-0.2, -0.15) is 0 Å². The Kier molecular flexibility index (Phi) is 5.99. The maximum atomic E-state index is 12.3. The van der Waals surface area contributed by atoms with Gasteiger partial charge in [0.15, 0.2) is 0 Å². The Morgan fingerprint density at radius 2 is 2.28 bits per heavy atom. The van der Waals surface area contributed by atoms with Gasteiger partial charge in [-0.1, -0.05) is 0 Å². The molecule has 134 valence electrons. The molecule has 1 fully saturated rings. The van der Waals surface area contributed by atoms with Crippen LogP contribution in [0.1, 0.15) is 29.1 Å². The standard InChI is InChI=1S/C18H23N3O3S/c1-12-3-4-14(9-19-12)24-16-7-8-23-10-15(16)21-18(22)6-5-17-13(2)20-11-25-17/h3-4,9,11,15-16H,5-8,10H2,1-2H3,(H,21,22)/t15-,16+/m0/s1. The third-order valence-electron chi connectivity index (χ3n) is 4.23. The highest BCUT2D eigenvalue weighted by Gasteiger charge is 2.29. The van der Waals surface area contributed by atoms with E-state index in [0.29, 0.717) is 26.1 Å². The first kappa shape index (κ1) is 17.8. The number of amides is 1. The molecule has 3 rings (SSSR count). The van der Waals surface area contributed by atoms with Crippen molar-refractivity contribution in [2.75, 3.05) is 13.2 Å². The minimum absolute atomic E-state index is 0.0129. The minimum atomic E-state index is -0.148. The number of hydrogen-bond donors (Lipinski definition) is 1. The zero-order valence-electron chi connectivity index (χ0n) is 14.5. The molecule has 3 heterocycles. The molecule has 1 aliphatic rings. The number of carbonyl (C=O) groups excluding carboxylic acids is 1. The zero-order valence-corrected chi connectivity index (χ0v) is 15.3. The van der Waals surface area contributed by atoms with Gasteiger partial charge in [0.05, 0.1) is 36.7 Å². The maximum absolute atomic E-state index is 12.3. The van der Waals surface area contributed by atoms with Crippen molar-refractivity contribution in [3.05, 3.63) is 40.1 Å². The molecule has 6 nitrogen and oxygen atoms in total. The summed E-state index contributed by atoms with van der Waals surface area (Å²) in [5.74, 6) is 0.732. The third-order valence-corrected chi connectivity index (χ3v) is 5.23. The number of rotatable bonds is 6. The molecule has 0 unspecified atom stereocenters. The first-order chi connectivity index (χ1) is 12.1. The molecule has 1 N–H and O–H groups in total. The van der Waals surface area contributed by atoms with Crippen LogP contribution in [0.3, 0.4) is 0 Å². The second-order valence-electron chi connectivity index (χ2n) is 6.19. The van der Waals surface area contributed by atoms with Gasteiger partial charge in [0.1, 0.15) is 11.9 Å². The number of thiazole rings is 1. The Hall–Kier alpha value is -1.99. The number of nitrogens with zero attached hydrogens (tertiary/aromatic N) is 2. The van der Waals surface area contributed by atoms with E-state index in [1.807, 2.05) is 31.5 Å². The maximum Gasteiger partial charge on any atom is 0.220 e. The first-order valence-corrected chi connectivity index (χ1v) is 9.35. The van der Waals surface area contributed by atoms with E-state index in [-0.39, 0.29) is 18.1 Å². The number of aryl methyl sites for hydroxylation is 3. The Balaban J connectivity index is 1.54. The smallest absolute Gasteiger partial charge is 0.220 e. The van der Waals surface area contributed by atoms with Crippen LogP contribution in [-0.4, -0.2) is 41.2 Å². The van der Waals surface area contributed by atoms with Crippen molar-refractivity contribution in [2.45, 2.75) is 45.3 Å². The lowest BCUT2D eigenvalue weighted by Crippen LogP contribution is -2.51. The molecule has 1 saturated heterocycles. The Morgan fingerprint density at radius 1 is 1.40 bits per heavy atom. The van der Waals surface area contributed by atoms with Crippen LogP contribution in [0.5, 0.6) is 5.75 Å². The average molecular weight is 361 g/mol. The topological polar surface area (TPSA) is 73.3 Å². The van der Waals surface area contributed by atoms with Crippen molar-refractivity contribution in [2.24, 2.45) is 0 Å². The molecule has 2 atom stereocenters. The lowest BCUT2D eigenvalue weighted by molar-refractivity contribution is -0.124. The Labute approximate surface area is 151 Å². The fourth-order valence-corrected chi connectivity index (χ4v) is 3.55. The van der Waals surface area contributed by atoms with Crippen LogP contribution < -0.4 is 10.1 Å². The average Bonchev–Trinajstić information content (AvgIpc) is 3.02. The van der Waals surface area contributed by atoms with Crippen LogP contribution in [-0.2, 0) is 16.0 Å². The van der Waals surface area contributed by atoms with E-state index in [1.54, 1.807) is 17.5 Å². The summed E-state index contributed by atoms with van der Waals surface area (Å²) >= 11 is 1.59. The highest BCUT2D eigenvalue weighted by molar-refractivity contribution is 7.09. The summed E-state index contributed by atoms with van der Waals surface area (Å²) in [6.45, 7) is 5.01. The van der Waals surface area contributed by atoms with E-state index >= 15 is 0 Å². The molecule has 0 aliphatic carbocycles. The van der Waals surface area contributed by atoms with Crippen LogP contribution in [0.25, 0.3) is 0 Å². The zero-order chi connectivity index (χ0) is 17.6. The summed E-state index contributed by atoms with van der Waals surface area (Å²) in [7, 11) is 0. The van der Waals surface area contributed by atoms with E-state index in [0.717, 1.165) is 28.4 Å². The van der Waals surface area contributed by atoms with Crippen molar-refractivity contribution in [1.29, 1.82) is 0 Å². The lowest BCUT2D eigenvalue weighted by Gasteiger charge is -2.32. The summed E-state index contributed by atoms with van der Waals surface area (Å²) in [5, 5.41) is 3.06. The van der Waals surface area contributed by atoms with E-state index in [2.05, 4.69) is 15.3 Å². The third kappa shape index (κ3) is 4.99.